The highest BCUT2D eigenvalue weighted by molar-refractivity contribution is 6.30. The van der Waals surface area contributed by atoms with Crippen molar-refractivity contribution in [3.63, 3.8) is 0 Å². The Kier molecular flexibility index (Phi) is 6.53. The summed E-state index contributed by atoms with van der Waals surface area (Å²) in [5.41, 5.74) is 3.88. The number of imidazole rings is 1. The van der Waals surface area contributed by atoms with E-state index in [1.165, 1.54) is 5.56 Å². The first-order chi connectivity index (χ1) is 15.1. The number of aryl methyl sites for hydroxylation is 1. The third-order valence-corrected chi connectivity index (χ3v) is 5.45. The van der Waals surface area contributed by atoms with Gasteiger partial charge in [-0.1, -0.05) is 35.9 Å². The Morgan fingerprint density at radius 1 is 1.03 bits per heavy atom. The number of rotatable bonds is 8. The van der Waals surface area contributed by atoms with Gasteiger partial charge in [0.1, 0.15) is 11.6 Å². The summed E-state index contributed by atoms with van der Waals surface area (Å²) in [6.07, 6.45) is 1.57. The van der Waals surface area contributed by atoms with Gasteiger partial charge in [0.25, 0.3) is 5.91 Å². The molecule has 158 valence electrons. The first kappa shape index (κ1) is 20.9. The predicted octanol–water partition coefficient (Wildman–Crippen LogP) is 5.11. The fourth-order valence-electron chi connectivity index (χ4n) is 3.56. The second-order valence-corrected chi connectivity index (χ2v) is 7.75. The summed E-state index contributed by atoms with van der Waals surface area (Å²) < 4.78 is 7.51. The summed E-state index contributed by atoms with van der Waals surface area (Å²) in [5, 5.41) is 3.59. The minimum atomic E-state index is -0.0941. The van der Waals surface area contributed by atoms with Gasteiger partial charge in [-0.3, -0.25) is 4.79 Å². The largest absolute Gasteiger partial charge is 0.497 e. The summed E-state index contributed by atoms with van der Waals surface area (Å²) in [6, 6.07) is 23.2. The first-order valence-corrected chi connectivity index (χ1v) is 10.6. The highest BCUT2D eigenvalue weighted by Gasteiger charge is 2.11. The third kappa shape index (κ3) is 5.06. The van der Waals surface area contributed by atoms with E-state index in [2.05, 4.69) is 28.1 Å². The molecule has 0 saturated carbocycles. The number of benzene rings is 3. The van der Waals surface area contributed by atoms with Crippen molar-refractivity contribution in [1.82, 2.24) is 14.9 Å². The van der Waals surface area contributed by atoms with Gasteiger partial charge in [-0.15, -0.1) is 0 Å². The Balaban J connectivity index is 1.43. The fourth-order valence-corrected chi connectivity index (χ4v) is 3.68. The summed E-state index contributed by atoms with van der Waals surface area (Å²) in [6.45, 7) is 1.31. The molecule has 0 aliphatic carbocycles. The summed E-state index contributed by atoms with van der Waals surface area (Å²) >= 11 is 5.89. The SMILES string of the molecule is COc1ccc(Cn2c(CCCNC(=O)c3ccc(Cl)cc3)nc3ccccc32)cc1. The van der Waals surface area contributed by atoms with Crippen molar-refractivity contribution in [1.29, 1.82) is 0 Å². The van der Waals surface area contributed by atoms with Crippen molar-refractivity contribution >= 4 is 28.5 Å². The quantitative estimate of drug-likeness (QED) is 0.393. The van der Waals surface area contributed by atoms with Crippen LogP contribution in [0.4, 0.5) is 0 Å². The zero-order valence-corrected chi connectivity index (χ0v) is 18.1. The van der Waals surface area contributed by atoms with E-state index < -0.39 is 0 Å². The van der Waals surface area contributed by atoms with Crippen LogP contribution < -0.4 is 10.1 Å². The number of methoxy groups -OCH3 is 1. The Hall–Kier alpha value is -3.31. The topological polar surface area (TPSA) is 56.1 Å². The monoisotopic (exact) mass is 433 g/mol. The van der Waals surface area contributed by atoms with E-state index in [9.17, 15) is 4.79 Å². The molecule has 0 aliphatic rings. The number of carbonyl (C=O) groups is 1. The number of aromatic nitrogens is 2. The molecule has 0 aliphatic heterocycles. The van der Waals surface area contributed by atoms with E-state index >= 15 is 0 Å². The highest BCUT2D eigenvalue weighted by Crippen LogP contribution is 2.20. The molecule has 0 spiro atoms. The molecular formula is C25H24ClN3O2. The summed E-state index contributed by atoms with van der Waals surface area (Å²) in [7, 11) is 1.67. The number of hydrogen-bond acceptors (Lipinski definition) is 3. The standard InChI is InChI=1S/C25H24ClN3O2/c1-31-21-14-8-18(9-15-21)17-29-23-6-3-2-5-22(23)28-24(29)7-4-16-27-25(30)19-10-12-20(26)13-11-19/h2-3,5-6,8-15H,4,7,16-17H2,1H3,(H,27,30). The lowest BCUT2D eigenvalue weighted by molar-refractivity contribution is 0.0953. The zero-order valence-electron chi connectivity index (χ0n) is 17.3. The molecule has 1 aromatic heterocycles. The lowest BCUT2D eigenvalue weighted by Crippen LogP contribution is -2.25. The van der Waals surface area contributed by atoms with Crippen LogP contribution >= 0.6 is 11.6 Å². The Morgan fingerprint density at radius 2 is 1.77 bits per heavy atom. The van der Waals surface area contributed by atoms with Gasteiger partial charge in [0.05, 0.1) is 18.1 Å². The lowest BCUT2D eigenvalue weighted by Gasteiger charge is -2.11. The van der Waals surface area contributed by atoms with E-state index in [-0.39, 0.29) is 5.91 Å². The molecule has 31 heavy (non-hydrogen) atoms. The van der Waals surface area contributed by atoms with Gasteiger partial charge >= 0.3 is 0 Å². The van der Waals surface area contributed by atoms with Gasteiger partial charge in [-0.25, -0.2) is 4.98 Å². The fraction of sp³-hybridized carbons (Fsp3) is 0.200. The van der Waals surface area contributed by atoms with Crippen molar-refractivity contribution in [2.75, 3.05) is 13.7 Å². The maximum atomic E-state index is 12.3. The van der Waals surface area contributed by atoms with Crippen LogP contribution in [0.1, 0.15) is 28.2 Å². The maximum Gasteiger partial charge on any atom is 0.251 e. The molecule has 0 radical (unpaired) electrons. The Bertz CT molecular complexity index is 1170. The highest BCUT2D eigenvalue weighted by atomic mass is 35.5. The van der Waals surface area contributed by atoms with Crippen molar-refractivity contribution in [3.8, 4) is 5.75 Å². The average Bonchev–Trinajstić information content (AvgIpc) is 3.15. The molecule has 0 fully saturated rings. The molecule has 5 nitrogen and oxygen atoms in total. The lowest BCUT2D eigenvalue weighted by atomic mass is 10.2. The minimum Gasteiger partial charge on any atom is -0.497 e. The van der Waals surface area contributed by atoms with Crippen LogP contribution in [-0.2, 0) is 13.0 Å². The first-order valence-electron chi connectivity index (χ1n) is 10.2. The molecule has 3 aromatic carbocycles. The van der Waals surface area contributed by atoms with Gasteiger partial charge < -0.3 is 14.6 Å². The molecule has 1 amide bonds. The number of amides is 1. The summed E-state index contributed by atoms with van der Waals surface area (Å²) in [4.78, 5) is 17.1. The molecule has 1 N–H and O–H groups in total. The van der Waals surface area contributed by atoms with Crippen molar-refractivity contribution in [3.05, 3.63) is 94.8 Å². The smallest absolute Gasteiger partial charge is 0.251 e. The van der Waals surface area contributed by atoms with Crippen LogP contribution in [0, 0.1) is 0 Å². The van der Waals surface area contributed by atoms with Crippen LogP contribution in [0.25, 0.3) is 11.0 Å². The molecule has 4 rings (SSSR count). The number of ether oxygens (including phenoxy) is 1. The van der Waals surface area contributed by atoms with Gasteiger partial charge in [-0.05, 0) is 60.5 Å². The molecule has 0 saturated heterocycles. The second-order valence-electron chi connectivity index (χ2n) is 7.32. The van der Waals surface area contributed by atoms with E-state index in [1.807, 2.05) is 30.3 Å². The molecule has 6 heteroatoms. The van der Waals surface area contributed by atoms with Crippen molar-refractivity contribution in [2.24, 2.45) is 0 Å². The van der Waals surface area contributed by atoms with E-state index in [1.54, 1.807) is 31.4 Å². The number of nitrogens with one attached hydrogen (secondary N) is 1. The van der Waals surface area contributed by atoms with E-state index in [0.29, 0.717) is 17.1 Å². The van der Waals surface area contributed by atoms with Gasteiger partial charge in [0, 0.05) is 30.1 Å². The normalized spacial score (nSPS) is 10.9. The second kappa shape index (κ2) is 9.67. The number of nitrogens with zero attached hydrogens (tertiary/aromatic N) is 2. The van der Waals surface area contributed by atoms with Crippen LogP contribution in [0.5, 0.6) is 5.75 Å². The minimum absolute atomic E-state index is 0.0941. The maximum absolute atomic E-state index is 12.3. The van der Waals surface area contributed by atoms with Crippen molar-refractivity contribution < 1.29 is 9.53 Å². The molecule has 0 unspecified atom stereocenters. The van der Waals surface area contributed by atoms with E-state index in [4.69, 9.17) is 21.3 Å². The van der Waals surface area contributed by atoms with Crippen LogP contribution in [0.15, 0.2) is 72.8 Å². The number of carbonyl (C=O) groups excluding carboxylic acids is 1. The molecule has 0 atom stereocenters. The van der Waals surface area contributed by atoms with Crippen LogP contribution in [0.3, 0.4) is 0 Å². The molecular weight excluding hydrogens is 410 g/mol. The van der Waals surface area contributed by atoms with E-state index in [0.717, 1.165) is 42.0 Å². The number of fused-ring (bicyclic) bond motifs is 1. The van der Waals surface area contributed by atoms with Crippen molar-refractivity contribution in [2.45, 2.75) is 19.4 Å². The van der Waals surface area contributed by atoms with Gasteiger partial charge in [0.15, 0.2) is 0 Å². The number of halogens is 1. The summed E-state index contributed by atoms with van der Waals surface area (Å²) in [5.74, 6) is 1.76. The van der Waals surface area contributed by atoms with Gasteiger partial charge in [-0.2, -0.15) is 0 Å². The Morgan fingerprint density at radius 3 is 2.52 bits per heavy atom. The number of para-hydroxylation sites is 2. The third-order valence-electron chi connectivity index (χ3n) is 5.20. The average molecular weight is 434 g/mol. The van der Waals surface area contributed by atoms with Crippen LogP contribution in [-0.4, -0.2) is 29.1 Å². The zero-order chi connectivity index (χ0) is 21.6. The molecule has 4 aromatic rings. The number of hydrogen-bond donors (Lipinski definition) is 1. The Labute approximate surface area is 186 Å². The predicted molar refractivity (Wildman–Crippen MR) is 124 cm³/mol. The molecule has 0 bridgehead atoms. The van der Waals surface area contributed by atoms with Gasteiger partial charge in [0.2, 0.25) is 0 Å². The molecule has 1 heterocycles. The van der Waals surface area contributed by atoms with Crippen LogP contribution in [0.2, 0.25) is 5.02 Å².